The Balaban J connectivity index is 1.65. The lowest BCUT2D eigenvalue weighted by Gasteiger charge is -2.33. The Kier molecular flexibility index (Phi) is 4.79. The fraction of sp³-hybridized carbons (Fsp3) is 0.333. The van der Waals surface area contributed by atoms with E-state index in [-0.39, 0.29) is 24.2 Å². The number of aromatic nitrogens is 5. The van der Waals surface area contributed by atoms with Gasteiger partial charge in [-0.15, -0.1) is 0 Å². The fourth-order valence-corrected chi connectivity index (χ4v) is 3.98. The number of carbonyl (C=O) groups excluding carboxylic acids is 1. The van der Waals surface area contributed by atoms with E-state index in [1.54, 1.807) is 0 Å². The van der Waals surface area contributed by atoms with Gasteiger partial charge in [0.25, 0.3) is 5.91 Å². The van der Waals surface area contributed by atoms with Crippen LogP contribution < -0.4 is 0 Å². The zero-order valence-corrected chi connectivity index (χ0v) is 17.9. The molecule has 0 spiro atoms. The summed E-state index contributed by atoms with van der Waals surface area (Å²) in [5.74, 6) is -3.36. The number of imidazole rings is 1. The highest BCUT2D eigenvalue weighted by atomic mass is 19.4. The molecule has 1 aliphatic heterocycles. The number of aromatic amines is 1. The third-order valence-electron chi connectivity index (χ3n) is 5.55. The number of H-pyrrole nitrogens is 1. The van der Waals surface area contributed by atoms with Gasteiger partial charge in [-0.25, -0.2) is 18.9 Å². The zero-order valence-electron chi connectivity index (χ0n) is 17.9. The van der Waals surface area contributed by atoms with E-state index in [4.69, 9.17) is 4.42 Å². The molecule has 1 aliphatic rings. The van der Waals surface area contributed by atoms with Crippen LogP contribution in [-0.2, 0) is 18.2 Å². The van der Waals surface area contributed by atoms with Crippen molar-refractivity contribution in [1.82, 2.24) is 29.5 Å². The number of nitrogens with zero attached hydrogens (tertiary/aromatic N) is 5. The van der Waals surface area contributed by atoms with E-state index in [2.05, 4.69) is 20.1 Å². The van der Waals surface area contributed by atoms with Gasteiger partial charge in [0.2, 0.25) is 11.7 Å². The van der Waals surface area contributed by atoms with Crippen LogP contribution in [0.5, 0.6) is 0 Å². The summed E-state index contributed by atoms with van der Waals surface area (Å²) in [5.41, 5.74) is -2.00. The summed E-state index contributed by atoms with van der Waals surface area (Å²) < 4.78 is 61.9. The van der Waals surface area contributed by atoms with Crippen molar-refractivity contribution in [3.05, 3.63) is 71.0 Å². The van der Waals surface area contributed by atoms with Crippen LogP contribution in [-0.4, -0.2) is 47.0 Å². The maximum atomic E-state index is 14.3. The van der Waals surface area contributed by atoms with E-state index in [9.17, 15) is 27.5 Å². The lowest BCUT2D eigenvalue weighted by Crippen LogP contribution is -2.41. The monoisotopic (exact) mass is 478 g/mol. The molecule has 1 atom stereocenters. The summed E-state index contributed by atoms with van der Waals surface area (Å²) in [7, 11) is 0. The van der Waals surface area contributed by atoms with Crippen molar-refractivity contribution in [3.63, 3.8) is 0 Å². The molecule has 5 rings (SSSR count). The van der Waals surface area contributed by atoms with Crippen LogP contribution in [0.25, 0.3) is 5.52 Å². The molecule has 0 aliphatic carbocycles. The fourth-order valence-electron chi connectivity index (χ4n) is 3.98. The summed E-state index contributed by atoms with van der Waals surface area (Å²) in [6, 6.07) is 3.09. The van der Waals surface area contributed by atoms with Crippen LogP contribution in [0.2, 0.25) is 0 Å². The number of fused-ring (bicyclic) bond motifs is 2. The minimum atomic E-state index is -5.01. The predicted molar refractivity (Wildman–Crippen MR) is 107 cm³/mol. The number of hydrogen-bond acceptors (Lipinski definition) is 6. The van der Waals surface area contributed by atoms with Crippen molar-refractivity contribution in [2.75, 3.05) is 6.54 Å². The van der Waals surface area contributed by atoms with Gasteiger partial charge in [0.1, 0.15) is 23.0 Å². The van der Waals surface area contributed by atoms with Crippen LogP contribution in [0.1, 0.15) is 59.1 Å². The number of halogens is 4. The average molecular weight is 478 g/mol. The Morgan fingerprint density at radius 1 is 1.32 bits per heavy atom. The van der Waals surface area contributed by atoms with E-state index < -0.39 is 46.9 Å². The second-order valence-electron chi connectivity index (χ2n) is 8.43. The molecular weight excluding hydrogens is 460 g/mol. The minimum absolute atomic E-state index is 0.00486. The summed E-state index contributed by atoms with van der Waals surface area (Å²) in [4.78, 5) is 25.2. The molecule has 5 heterocycles. The molecule has 34 heavy (non-hydrogen) atoms. The highest BCUT2D eigenvalue weighted by molar-refractivity contribution is 5.93. The minimum Gasteiger partial charge on any atom is -0.432 e. The van der Waals surface area contributed by atoms with Crippen LogP contribution in [0.15, 0.2) is 35.1 Å². The molecule has 0 unspecified atom stereocenters. The lowest BCUT2D eigenvalue weighted by molar-refractivity contribution is -0.141. The van der Waals surface area contributed by atoms with Gasteiger partial charge in [-0.05, 0) is 32.0 Å². The topological polar surface area (TPSA) is 113 Å². The van der Waals surface area contributed by atoms with Crippen LogP contribution in [0.3, 0.4) is 0 Å². The molecule has 0 aromatic carbocycles. The Morgan fingerprint density at radius 2 is 2.09 bits per heavy atom. The Hall–Kier alpha value is -3.74. The lowest BCUT2D eigenvalue weighted by atomic mass is 9.99. The van der Waals surface area contributed by atoms with E-state index in [1.165, 1.54) is 49.1 Å². The third kappa shape index (κ3) is 3.52. The van der Waals surface area contributed by atoms with Gasteiger partial charge in [-0.3, -0.25) is 4.79 Å². The maximum absolute atomic E-state index is 14.3. The normalized spacial score (nSPS) is 16.8. The molecule has 1 amide bonds. The Morgan fingerprint density at radius 3 is 2.76 bits per heavy atom. The zero-order chi connectivity index (χ0) is 24.4. The van der Waals surface area contributed by atoms with Gasteiger partial charge in [-0.2, -0.15) is 18.3 Å². The second kappa shape index (κ2) is 7.38. The molecule has 0 saturated carbocycles. The summed E-state index contributed by atoms with van der Waals surface area (Å²) in [6.45, 7) is 2.39. The number of rotatable bonds is 3. The standard InChI is InChI=1S/C21H18F4N6O3/c1-20(2,33)19-28-17(21(23,24)25)16(34-19)18(32)30-7-5-11-14(27-9-26-11)15(30)12-8-13-10(22)4-3-6-31(13)29-12/h3-4,6,8-9,15,33H,5,7H2,1-2H3,(H,26,27)/t15-/m1/s1. The molecule has 178 valence electrons. The van der Waals surface area contributed by atoms with Crippen molar-refractivity contribution < 1.29 is 31.9 Å². The highest BCUT2D eigenvalue weighted by Crippen LogP contribution is 2.38. The molecule has 0 radical (unpaired) electrons. The van der Waals surface area contributed by atoms with Gasteiger partial charge in [0.15, 0.2) is 5.69 Å². The molecule has 4 aromatic heterocycles. The molecule has 13 heteroatoms. The van der Waals surface area contributed by atoms with E-state index in [0.29, 0.717) is 11.4 Å². The average Bonchev–Trinajstić information content (AvgIpc) is 3.48. The van der Waals surface area contributed by atoms with Gasteiger partial charge in [0.05, 0.1) is 17.7 Å². The molecule has 9 nitrogen and oxygen atoms in total. The van der Waals surface area contributed by atoms with Crippen LogP contribution >= 0.6 is 0 Å². The van der Waals surface area contributed by atoms with Crippen molar-refractivity contribution in [3.8, 4) is 0 Å². The van der Waals surface area contributed by atoms with Crippen molar-refractivity contribution >= 4 is 11.4 Å². The maximum Gasteiger partial charge on any atom is 0.437 e. The van der Waals surface area contributed by atoms with Crippen LogP contribution in [0, 0.1) is 5.82 Å². The SMILES string of the molecule is CC(C)(O)c1nc(C(F)(F)F)c(C(=O)N2CCc3[nH]cnc3[C@H]2c2cc3c(F)cccn3n2)o1. The van der Waals surface area contributed by atoms with E-state index in [0.717, 1.165) is 4.90 Å². The summed E-state index contributed by atoms with van der Waals surface area (Å²) in [6.07, 6.45) is -1.81. The number of carbonyl (C=O) groups is 1. The van der Waals surface area contributed by atoms with Gasteiger partial charge < -0.3 is 19.4 Å². The number of aliphatic hydroxyl groups is 1. The second-order valence-corrected chi connectivity index (χ2v) is 8.43. The molecule has 0 saturated heterocycles. The molecule has 2 N–H and O–H groups in total. The van der Waals surface area contributed by atoms with Gasteiger partial charge >= 0.3 is 6.18 Å². The summed E-state index contributed by atoms with van der Waals surface area (Å²) >= 11 is 0. The van der Waals surface area contributed by atoms with Crippen molar-refractivity contribution in [2.45, 2.75) is 38.1 Å². The first-order valence-electron chi connectivity index (χ1n) is 10.2. The van der Waals surface area contributed by atoms with E-state index >= 15 is 0 Å². The number of amides is 1. The largest absolute Gasteiger partial charge is 0.437 e. The number of hydrogen-bond donors (Lipinski definition) is 2. The Labute approximate surface area is 189 Å². The first-order valence-corrected chi connectivity index (χ1v) is 10.2. The smallest absolute Gasteiger partial charge is 0.432 e. The third-order valence-corrected chi connectivity index (χ3v) is 5.55. The molecule has 0 bridgehead atoms. The molecule has 0 fully saturated rings. The van der Waals surface area contributed by atoms with Gasteiger partial charge in [0, 0.05) is 24.9 Å². The number of nitrogens with one attached hydrogen (secondary N) is 1. The number of oxazole rings is 1. The van der Waals surface area contributed by atoms with Crippen LogP contribution in [0.4, 0.5) is 17.6 Å². The number of pyridine rings is 1. The van der Waals surface area contributed by atoms with E-state index in [1.807, 2.05) is 0 Å². The first kappa shape index (κ1) is 22.1. The molecule has 4 aromatic rings. The van der Waals surface area contributed by atoms with Crippen molar-refractivity contribution in [2.24, 2.45) is 0 Å². The number of alkyl halides is 3. The Bertz CT molecular complexity index is 1400. The quantitative estimate of drug-likeness (QED) is 0.438. The van der Waals surface area contributed by atoms with Crippen molar-refractivity contribution in [1.29, 1.82) is 0 Å². The predicted octanol–water partition coefficient (Wildman–Crippen LogP) is 3.22. The first-order chi connectivity index (χ1) is 15.9. The highest BCUT2D eigenvalue weighted by Gasteiger charge is 2.46. The summed E-state index contributed by atoms with van der Waals surface area (Å²) in [5, 5.41) is 14.5. The molecular formula is C21H18F4N6O3. The van der Waals surface area contributed by atoms with Gasteiger partial charge in [-0.1, -0.05) is 0 Å².